The molecule has 5 heteroatoms. The van der Waals surface area contributed by atoms with E-state index in [1.807, 2.05) is 24.3 Å². The molecule has 0 spiro atoms. The maximum atomic E-state index is 10.0. The number of rotatable bonds is 7. The Hall–Kier alpha value is -1.14. The summed E-state index contributed by atoms with van der Waals surface area (Å²) >= 11 is 0. The first-order valence-corrected chi connectivity index (χ1v) is 7.47. The Balaban J connectivity index is 1.70. The van der Waals surface area contributed by atoms with Gasteiger partial charge in [-0.05, 0) is 25.5 Å². The molecule has 1 aliphatic rings. The van der Waals surface area contributed by atoms with Gasteiger partial charge in [0.15, 0.2) is 0 Å². The molecule has 0 bridgehead atoms. The number of hydrogen-bond donors (Lipinski definition) is 2. The molecule has 1 aromatic rings. The van der Waals surface area contributed by atoms with Gasteiger partial charge in [-0.25, -0.2) is 0 Å². The van der Waals surface area contributed by atoms with Gasteiger partial charge in [-0.15, -0.1) is 0 Å². The Bertz CT molecular complexity index is 426. The molecule has 0 unspecified atom stereocenters. The van der Waals surface area contributed by atoms with Crippen molar-refractivity contribution >= 4 is 0 Å². The molecule has 1 saturated heterocycles. The van der Waals surface area contributed by atoms with Gasteiger partial charge in [0.1, 0.15) is 5.75 Å². The summed E-state index contributed by atoms with van der Waals surface area (Å²) in [6.45, 7) is 2.82. The number of likely N-dealkylation sites (tertiary alicyclic amines) is 1. The molecule has 2 N–H and O–H groups in total. The van der Waals surface area contributed by atoms with Crippen LogP contribution in [0.5, 0.6) is 5.75 Å². The molecule has 0 aromatic heterocycles. The summed E-state index contributed by atoms with van der Waals surface area (Å²) in [5.41, 5.74) is 0.973. The third kappa shape index (κ3) is 5.28. The van der Waals surface area contributed by atoms with E-state index in [1.54, 1.807) is 7.11 Å². The van der Waals surface area contributed by atoms with Crippen molar-refractivity contribution in [2.45, 2.75) is 31.7 Å². The SMILES string of the molecule is COc1ccccc1COC[C@@H](O)CN1CCC[C@@H](O)C1. The van der Waals surface area contributed by atoms with Crippen LogP contribution < -0.4 is 4.74 Å². The molecule has 1 heterocycles. The lowest BCUT2D eigenvalue weighted by Gasteiger charge is -2.31. The third-order valence-corrected chi connectivity index (χ3v) is 3.71. The second-order valence-corrected chi connectivity index (χ2v) is 5.54. The standard InChI is InChI=1S/C16H25NO4/c1-20-16-7-3-2-5-13(16)11-21-12-15(19)10-17-8-4-6-14(18)9-17/h2-3,5,7,14-15,18-19H,4,6,8-12H2,1H3/t14-,15+/m1/s1. The number of methoxy groups -OCH3 is 1. The molecule has 0 saturated carbocycles. The number of piperidine rings is 1. The number of benzene rings is 1. The largest absolute Gasteiger partial charge is 0.496 e. The summed E-state index contributed by atoms with van der Waals surface area (Å²) in [4.78, 5) is 2.09. The van der Waals surface area contributed by atoms with E-state index in [-0.39, 0.29) is 12.7 Å². The van der Waals surface area contributed by atoms with E-state index >= 15 is 0 Å². The van der Waals surface area contributed by atoms with Crippen molar-refractivity contribution in [3.63, 3.8) is 0 Å². The summed E-state index contributed by atoms with van der Waals surface area (Å²) in [6, 6.07) is 7.70. The molecule has 1 aromatic carbocycles. The number of aliphatic hydroxyl groups excluding tert-OH is 2. The van der Waals surface area contributed by atoms with Crippen molar-refractivity contribution < 1.29 is 19.7 Å². The van der Waals surface area contributed by atoms with E-state index in [0.717, 1.165) is 30.7 Å². The maximum absolute atomic E-state index is 10.0. The Morgan fingerprint density at radius 1 is 1.38 bits per heavy atom. The predicted molar refractivity (Wildman–Crippen MR) is 80.3 cm³/mol. The van der Waals surface area contributed by atoms with Gasteiger partial charge in [-0.3, -0.25) is 4.90 Å². The number of nitrogens with zero attached hydrogens (tertiary/aromatic N) is 1. The van der Waals surface area contributed by atoms with Crippen LogP contribution in [0.1, 0.15) is 18.4 Å². The fourth-order valence-electron chi connectivity index (χ4n) is 2.67. The monoisotopic (exact) mass is 295 g/mol. The van der Waals surface area contributed by atoms with Crippen LogP contribution in [0.2, 0.25) is 0 Å². The lowest BCUT2D eigenvalue weighted by Crippen LogP contribution is -2.43. The number of para-hydroxylation sites is 1. The molecule has 21 heavy (non-hydrogen) atoms. The van der Waals surface area contributed by atoms with Crippen molar-refractivity contribution in [3.8, 4) is 5.75 Å². The van der Waals surface area contributed by atoms with Gasteiger partial charge < -0.3 is 19.7 Å². The topological polar surface area (TPSA) is 62.2 Å². The van der Waals surface area contributed by atoms with Crippen molar-refractivity contribution in [1.82, 2.24) is 4.90 Å². The van der Waals surface area contributed by atoms with Crippen molar-refractivity contribution in [3.05, 3.63) is 29.8 Å². The van der Waals surface area contributed by atoms with E-state index in [0.29, 0.717) is 19.7 Å². The minimum Gasteiger partial charge on any atom is -0.496 e. The first-order chi connectivity index (χ1) is 10.2. The highest BCUT2D eigenvalue weighted by atomic mass is 16.5. The molecule has 118 valence electrons. The maximum Gasteiger partial charge on any atom is 0.124 e. The number of ether oxygens (including phenoxy) is 2. The zero-order chi connectivity index (χ0) is 15.1. The van der Waals surface area contributed by atoms with E-state index in [4.69, 9.17) is 9.47 Å². The Kier molecular flexibility index (Phi) is 6.45. The van der Waals surface area contributed by atoms with E-state index < -0.39 is 6.10 Å². The first-order valence-electron chi connectivity index (χ1n) is 7.47. The first kappa shape index (κ1) is 16.2. The van der Waals surface area contributed by atoms with E-state index in [9.17, 15) is 10.2 Å². The molecule has 5 nitrogen and oxygen atoms in total. The summed E-state index contributed by atoms with van der Waals surface area (Å²) in [5.74, 6) is 0.797. The van der Waals surface area contributed by atoms with Crippen LogP contribution in [0.25, 0.3) is 0 Å². The van der Waals surface area contributed by atoms with Gasteiger partial charge in [-0.1, -0.05) is 18.2 Å². The number of β-amino-alcohol motifs (C(OH)–C–C–N with tert-alkyl or cyclic N) is 2. The Morgan fingerprint density at radius 2 is 2.19 bits per heavy atom. The fourth-order valence-corrected chi connectivity index (χ4v) is 2.67. The Morgan fingerprint density at radius 3 is 2.95 bits per heavy atom. The van der Waals surface area contributed by atoms with Gasteiger partial charge >= 0.3 is 0 Å². The Labute approximate surface area is 126 Å². The highest BCUT2D eigenvalue weighted by molar-refractivity contribution is 5.32. The summed E-state index contributed by atoms with van der Waals surface area (Å²) < 4.78 is 10.8. The minimum absolute atomic E-state index is 0.263. The normalized spacial score (nSPS) is 21.2. The predicted octanol–water partition coefficient (Wildman–Crippen LogP) is 1.03. The molecule has 0 radical (unpaired) electrons. The summed E-state index contributed by atoms with van der Waals surface area (Å²) in [6.07, 6.45) is 1.04. The third-order valence-electron chi connectivity index (χ3n) is 3.71. The summed E-state index contributed by atoms with van der Waals surface area (Å²) in [7, 11) is 1.63. The fraction of sp³-hybridized carbons (Fsp3) is 0.625. The van der Waals surface area contributed by atoms with Crippen molar-refractivity contribution in [2.75, 3.05) is 33.4 Å². The molecular weight excluding hydrogens is 270 g/mol. The second kappa shape index (κ2) is 8.34. The van der Waals surface area contributed by atoms with Gasteiger partial charge in [-0.2, -0.15) is 0 Å². The smallest absolute Gasteiger partial charge is 0.124 e. The average molecular weight is 295 g/mol. The molecule has 0 aliphatic carbocycles. The van der Waals surface area contributed by atoms with Gasteiger partial charge in [0.2, 0.25) is 0 Å². The van der Waals surface area contributed by atoms with Crippen LogP contribution in [0, 0.1) is 0 Å². The zero-order valence-corrected chi connectivity index (χ0v) is 12.6. The summed E-state index contributed by atoms with van der Waals surface area (Å²) in [5, 5.41) is 19.6. The molecule has 2 atom stereocenters. The molecule has 2 rings (SSSR count). The van der Waals surface area contributed by atoms with Gasteiger partial charge in [0, 0.05) is 18.7 Å². The molecule has 0 amide bonds. The lowest BCUT2D eigenvalue weighted by molar-refractivity contribution is -0.00765. The highest BCUT2D eigenvalue weighted by Gasteiger charge is 2.20. The van der Waals surface area contributed by atoms with Gasteiger partial charge in [0.25, 0.3) is 0 Å². The molecule has 1 aliphatic heterocycles. The van der Waals surface area contributed by atoms with Crippen LogP contribution in [0.4, 0.5) is 0 Å². The van der Waals surface area contributed by atoms with Crippen LogP contribution in [0.15, 0.2) is 24.3 Å². The lowest BCUT2D eigenvalue weighted by atomic mass is 10.1. The minimum atomic E-state index is -0.537. The molecule has 1 fully saturated rings. The zero-order valence-electron chi connectivity index (χ0n) is 12.6. The van der Waals surface area contributed by atoms with Gasteiger partial charge in [0.05, 0.1) is 32.5 Å². The van der Waals surface area contributed by atoms with E-state index in [1.165, 1.54) is 0 Å². The van der Waals surface area contributed by atoms with E-state index in [2.05, 4.69) is 4.90 Å². The average Bonchev–Trinajstić information content (AvgIpc) is 2.47. The molecular formula is C16H25NO4. The number of hydrogen-bond acceptors (Lipinski definition) is 5. The highest BCUT2D eigenvalue weighted by Crippen LogP contribution is 2.18. The quantitative estimate of drug-likeness (QED) is 0.787. The van der Waals surface area contributed by atoms with Crippen LogP contribution in [-0.2, 0) is 11.3 Å². The van der Waals surface area contributed by atoms with Crippen molar-refractivity contribution in [2.24, 2.45) is 0 Å². The van der Waals surface area contributed by atoms with Crippen LogP contribution in [-0.4, -0.2) is 60.7 Å². The van der Waals surface area contributed by atoms with Crippen LogP contribution >= 0.6 is 0 Å². The van der Waals surface area contributed by atoms with Crippen molar-refractivity contribution in [1.29, 1.82) is 0 Å². The second-order valence-electron chi connectivity index (χ2n) is 5.54. The number of aliphatic hydroxyl groups is 2. The van der Waals surface area contributed by atoms with Crippen LogP contribution in [0.3, 0.4) is 0 Å².